The number of nitrogens with one attached hydrogen (secondary N) is 2. The molecule has 31 heavy (non-hydrogen) atoms. The molecule has 0 radical (unpaired) electrons. The molecule has 4 rings (SSSR count). The molecule has 1 saturated carbocycles. The third-order valence-electron chi connectivity index (χ3n) is 5.77. The van der Waals surface area contributed by atoms with Gasteiger partial charge >= 0.3 is 0 Å². The van der Waals surface area contributed by atoms with E-state index < -0.39 is 0 Å². The Morgan fingerprint density at radius 3 is 2.45 bits per heavy atom. The Hall–Kier alpha value is -3.00. The fraction of sp³-hybridized carbons (Fsp3) is 0.391. The summed E-state index contributed by atoms with van der Waals surface area (Å²) in [7, 11) is 0. The van der Waals surface area contributed by atoms with Gasteiger partial charge in [0, 0.05) is 29.6 Å². The lowest BCUT2D eigenvalue weighted by atomic mass is 9.94. The first-order chi connectivity index (χ1) is 15.0. The van der Waals surface area contributed by atoms with Gasteiger partial charge in [0.25, 0.3) is 17.7 Å². The molecule has 0 spiro atoms. The lowest BCUT2D eigenvalue weighted by Crippen LogP contribution is -2.40. The zero-order valence-electron chi connectivity index (χ0n) is 17.2. The van der Waals surface area contributed by atoms with Gasteiger partial charge < -0.3 is 10.6 Å². The first kappa shape index (κ1) is 21.2. The minimum atomic E-state index is -0.341. The number of fused-ring (bicyclic) bond motifs is 1. The van der Waals surface area contributed by atoms with E-state index in [4.69, 9.17) is 0 Å². The largest absolute Gasteiger partial charge is 0.354 e. The fourth-order valence-corrected chi connectivity index (χ4v) is 4.89. The maximum atomic E-state index is 12.9. The van der Waals surface area contributed by atoms with Crippen LogP contribution in [0.3, 0.4) is 0 Å². The minimum Gasteiger partial charge on any atom is -0.354 e. The normalized spacial score (nSPS) is 16.3. The standard InChI is InChI=1S/C23H25N3O4S/c27-20(14-17-7-4-12-31-17)24-10-11-25-21(28)15-8-9-18-19(13-15)23(30)26(22(18)29)16-5-2-1-3-6-16/h4,7-9,12-13,16H,1-3,5-6,10-11,14H2,(H,24,27)(H,25,28). The van der Waals surface area contributed by atoms with Gasteiger partial charge in [-0.05, 0) is 42.5 Å². The van der Waals surface area contributed by atoms with Gasteiger partial charge in [0.2, 0.25) is 5.91 Å². The van der Waals surface area contributed by atoms with Crippen molar-refractivity contribution in [1.29, 1.82) is 0 Å². The number of nitrogens with zero attached hydrogens (tertiary/aromatic N) is 1. The molecule has 8 heteroatoms. The summed E-state index contributed by atoms with van der Waals surface area (Å²) < 4.78 is 0. The number of hydrogen-bond acceptors (Lipinski definition) is 5. The van der Waals surface area contributed by atoms with Gasteiger partial charge in [-0.3, -0.25) is 24.1 Å². The van der Waals surface area contributed by atoms with Gasteiger partial charge in [-0.25, -0.2) is 0 Å². The SMILES string of the molecule is O=C(Cc1cccs1)NCCNC(=O)c1ccc2c(c1)C(=O)N(C1CCCCC1)C2=O. The Balaban J connectivity index is 1.31. The number of amides is 4. The van der Waals surface area contributed by atoms with Crippen molar-refractivity contribution in [2.24, 2.45) is 0 Å². The van der Waals surface area contributed by atoms with E-state index in [1.165, 1.54) is 22.3 Å². The average Bonchev–Trinajstić information content (AvgIpc) is 3.38. The van der Waals surface area contributed by atoms with E-state index in [-0.39, 0.29) is 36.2 Å². The fourth-order valence-electron chi connectivity index (χ4n) is 4.19. The third-order valence-corrected chi connectivity index (χ3v) is 6.64. The number of carbonyl (C=O) groups is 4. The highest BCUT2D eigenvalue weighted by molar-refractivity contribution is 7.10. The van der Waals surface area contributed by atoms with E-state index in [0.29, 0.717) is 29.7 Å². The molecule has 1 aliphatic heterocycles. The van der Waals surface area contributed by atoms with Crippen LogP contribution >= 0.6 is 11.3 Å². The molecule has 0 saturated heterocycles. The van der Waals surface area contributed by atoms with Crippen LogP contribution < -0.4 is 10.6 Å². The van der Waals surface area contributed by atoms with Crippen molar-refractivity contribution in [2.45, 2.75) is 44.6 Å². The zero-order chi connectivity index (χ0) is 21.8. The molecule has 2 aliphatic rings. The summed E-state index contributed by atoms with van der Waals surface area (Å²) in [6.45, 7) is 0.584. The predicted molar refractivity (Wildman–Crippen MR) is 117 cm³/mol. The maximum Gasteiger partial charge on any atom is 0.261 e. The zero-order valence-corrected chi connectivity index (χ0v) is 18.0. The molecule has 7 nitrogen and oxygen atoms in total. The number of carbonyl (C=O) groups excluding carboxylic acids is 4. The Morgan fingerprint density at radius 1 is 0.968 bits per heavy atom. The van der Waals surface area contributed by atoms with E-state index in [1.807, 2.05) is 17.5 Å². The molecule has 1 aliphatic carbocycles. The van der Waals surface area contributed by atoms with E-state index >= 15 is 0 Å². The molecule has 0 bridgehead atoms. The van der Waals surface area contributed by atoms with Crippen LogP contribution in [-0.4, -0.2) is 47.7 Å². The molecule has 0 unspecified atom stereocenters. The monoisotopic (exact) mass is 439 g/mol. The second-order valence-electron chi connectivity index (χ2n) is 7.89. The van der Waals surface area contributed by atoms with Crippen molar-refractivity contribution in [3.05, 3.63) is 57.3 Å². The summed E-state index contributed by atoms with van der Waals surface area (Å²) in [6, 6.07) is 8.40. The Morgan fingerprint density at radius 2 is 1.71 bits per heavy atom. The number of rotatable bonds is 7. The van der Waals surface area contributed by atoms with Crippen LogP contribution in [-0.2, 0) is 11.2 Å². The van der Waals surface area contributed by atoms with Crippen molar-refractivity contribution >= 4 is 35.0 Å². The van der Waals surface area contributed by atoms with Gasteiger partial charge in [0.1, 0.15) is 0 Å². The summed E-state index contributed by atoms with van der Waals surface area (Å²) in [5.74, 6) is -0.998. The van der Waals surface area contributed by atoms with Gasteiger partial charge in [-0.2, -0.15) is 0 Å². The van der Waals surface area contributed by atoms with E-state index in [9.17, 15) is 19.2 Å². The quantitative estimate of drug-likeness (QED) is 0.512. The molecule has 1 aromatic heterocycles. The first-order valence-electron chi connectivity index (χ1n) is 10.6. The van der Waals surface area contributed by atoms with Gasteiger partial charge in [0.05, 0.1) is 17.5 Å². The summed E-state index contributed by atoms with van der Waals surface area (Å²) in [6.07, 6.45) is 5.20. The van der Waals surface area contributed by atoms with Crippen LogP contribution in [0.5, 0.6) is 0 Å². The second-order valence-corrected chi connectivity index (χ2v) is 8.93. The molecule has 1 aromatic carbocycles. The predicted octanol–water partition coefficient (Wildman–Crippen LogP) is 2.77. The molecular formula is C23H25N3O4S. The highest BCUT2D eigenvalue weighted by Gasteiger charge is 2.40. The molecule has 4 amide bonds. The maximum absolute atomic E-state index is 12.9. The molecule has 0 atom stereocenters. The first-order valence-corrected chi connectivity index (χ1v) is 11.5. The smallest absolute Gasteiger partial charge is 0.261 e. The van der Waals surface area contributed by atoms with Crippen LogP contribution in [0.25, 0.3) is 0 Å². The van der Waals surface area contributed by atoms with E-state index in [2.05, 4.69) is 10.6 Å². The van der Waals surface area contributed by atoms with Gasteiger partial charge in [0.15, 0.2) is 0 Å². The highest BCUT2D eigenvalue weighted by Crippen LogP contribution is 2.31. The number of benzene rings is 1. The molecule has 1 fully saturated rings. The van der Waals surface area contributed by atoms with Gasteiger partial charge in [-0.1, -0.05) is 25.3 Å². The molecular weight excluding hydrogens is 414 g/mol. The molecule has 2 heterocycles. The lowest BCUT2D eigenvalue weighted by Gasteiger charge is -2.29. The minimum absolute atomic E-state index is 0.0452. The van der Waals surface area contributed by atoms with Crippen molar-refractivity contribution in [2.75, 3.05) is 13.1 Å². The van der Waals surface area contributed by atoms with Crippen LogP contribution in [0, 0.1) is 0 Å². The summed E-state index contributed by atoms with van der Waals surface area (Å²) in [5.41, 5.74) is 0.996. The summed E-state index contributed by atoms with van der Waals surface area (Å²) >= 11 is 1.53. The van der Waals surface area contributed by atoms with E-state index in [1.54, 1.807) is 12.1 Å². The number of imide groups is 1. The Kier molecular flexibility index (Phi) is 6.46. The number of thiophene rings is 1. The molecule has 2 aromatic rings. The van der Waals surface area contributed by atoms with Crippen molar-refractivity contribution in [3.8, 4) is 0 Å². The van der Waals surface area contributed by atoms with E-state index in [0.717, 1.165) is 37.0 Å². The van der Waals surface area contributed by atoms with Crippen molar-refractivity contribution < 1.29 is 19.2 Å². The van der Waals surface area contributed by atoms with Crippen LogP contribution in [0.4, 0.5) is 0 Å². The third kappa shape index (κ3) is 4.69. The average molecular weight is 440 g/mol. The Bertz CT molecular complexity index is 996. The van der Waals surface area contributed by atoms with Crippen LogP contribution in [0.1, 0.15) is 68.1 Å². The summed E-state index contributed by atoms with van der Waals surface area (Å²) in [5, 5.41) is 7.44. The van der Waals surface area contributed by atoms with Crippen LogP contribution in [0.2, 0.25) is 0 Å². The van der Waals surface area contributed by atoms with Crippen LogP contribution in [0.15, 0.2) is 35.7 Å². The topological polar surface area (TPSA) is 95.6 Å². The Labute approximate surface area is 184 Å². The molecule has 2 N–H and O–H groups in total. The highest BCUT2D eigenvalue weighted by atomic mass is 32.1. The molecule has 162 valence electrons. The van der Waals surface area contributed by atoms with Gasteiger partial charge in [-0.15, -0.1) is 11.3 Å². The number of hydrogen-bond donors (Lipinski definition) is 2. The lowest BCUT2D eigenvalue weighted by molar-refractivity contribution is -0.120. The van der Waals surface area contributed by atoms with Crippen molar-refractivity contribution in [1.82, 2.24) is 15.5 Å². The van der Waals surface area contributed by atoms with Crippen molar-refractivity contribution in [3.63, 3.8) is 0 Å². The second kappa shape index (κ2) is 9.43. The summed E-state index contributed by atoms with van der Waals surface area (Å²) in [4.78, 5) is 52.4.